The second-order valence-corrected chi connectivity index (χ2v) is 10.2. The molecule has 0 saturated carbocycles. The van der Waals surface area contributed by atoms with Gasteiger partial charge in [0.1, 0.15) is 5.56 Å². The predicted octanol–water partition coefficient (Wildman–Crippen LogP) is 5.27. The van der Waals surface area contributed by atoms with E-state index in [0.29, 0.717) is 17.8 Å². The molecule has 166 valence electrons. The average molecular weight is 476 g/mol. The van der Waals surface area contributed by atoms with Gasteiger partial charge in [-0.1, -0.05) is 24.3 Å². The number of nitrogens with zero attached hydrogens (tertiary/aromatic N) is 2. The number of thiophene rings is 1. The minimum atomic E-state index is -0.690. The first-order valence-electron chi connectivity index (χ1n) is 10.4. The molecule has 0 amide bonds. The summed E-state index contributed by atoms with van der Waals surface area (Å²) in [7, 11) is 0. The Morgan fingerprint density at radius 3 is 2.55 bits per heavy atom. The normalized spacial score (nSPS) is 15.6. The summed E-state index contributed by atoms with van der Waals surface area (Å²) in [6.45, 7) is 3.83. The van der Waals surface area contributed by atoms with Crippen LogP contribution in [0, 0.1) is 13.8 Å². The average Bonchev–Trinajstić information content (AvgIpc) is 3.21. The van der Waals surface area contributed by atoms with Gasteiger partial charge in [-0.15, -0.1) is 23.1 Å². The molecule has 6 nitrogen and oxygen atoms in total. The van der Waals surface area contributed by atoms with Crippen LogP contribution >= 0.6 is 23.1 Å². The van der Waals surface area contributed by atoms with Crippen molar-refractivity contribution >= 4 is 34.5 Å². The van der Waals surface area contributed by atoms with Gasteiger partial charge < -0.3 is 5.11 Å². The Morgan fingerprint density at radius 1 is 1.06 bits per heavy atom. The zero-order chi connectivity index (χ0) is 23.1. The first-order valence-corrected chi connectivity index (χ1v) is 12.2. The number of aryl methyl sites for hydroxylation is 2. The molecule has 2 N–H and O–H groups in total. The van der Waals surface area contributed by atoms with E-state index in [9.17, 15) is 14.7 Å². The first-order chi connectivity index (χ1) is 15.9. The van der Waals surface area contributed by atoms with E-state index in [2.05, 4.69) is 11.1 Å². The molecule has 0 spiro atoms. The molecule has 1 aliphatic rings. The quantitative estimate of drug-likeness (QED) is 0.423. The van der Waals surface area contributed by atoms with Crippen LogP contribution in [-0.4, -0.2) is 20.4 Å². The number of benzene rings is 2. The summed E-state index contributed by atoms with van der Waals surface area (Å²) in [6, 6.07) is 17.4. The van der Waals surface area contributed by atoms with Crippen molar-refractivity contribution in [3.63, 3.8) is 0 Å². The molecule has 1 aliphatic heterocycles. The molecule has 4 aromatic rings. The number of H-pyrrole nitrogens is 1. The van der Waals surface area contributed by atoms with E-state index in [4.69, 9.17) is 4.99 Å². The molecule has 0 radical (unpaired) electrons. The van der Waals surface area contributed by atoms with Crippen LogP contribution < -0.4 is 11.2 Å². The monoisotopic (exact) mass is 475 g/mol. The number of aromatic nitrogens is 2. The largest absolute Gasteiger partial charge is 0.493 e. The number of hydrogen-bond acceptors (Lipinski definition) is 6. The predicted molar refractivity (Wildman–Crippen MR) is 134 cm³/mol. The van der Waals surface area contributed by atoms with Crippen LogP contribution in [-0.2, 0) is 0 Å². The van der Waals surface area contributed by atoms with Crippen LogP contribution in [0.3, 0.4) is 0 Å². The van der Waals surface area contributed by atoms with Crippen molar-refractivity contribution in [2.45, 2.75) is 30.4 Å². The van der Waals surface area contributed by atoms with Crippen molar-refractivity contribution in [2.24, 2.45) is 4.99 Å². The Labute approximate surface area is 198 Å². The van der Waals surface area contributed by atoms with Crippen molar-refractivity contribution in [1.82, 2.24) is 9.55 Å². The van der Waals surface area contributed by atoms with E-state index in [1.54, 1.807) is 35.2 Å². The zero-order valence-electron chi connectivity index (χ0n) is 18.0. The number of aliphatic imine (C=N–C) groups is 1. The smallest absolute Gasteiger partial charge is 0.335 e. The van der Waals surface area contributed by atoms with E-state index < -0.39 is 17.1 Å². The van der Waals surface area contributed by atoms with Gasteiger partial charge in [-0.05, 0) is 60.7 Å². The molecule has 1 atom stereocenters. The molecular weight excluding hydrogens is 454 g/mol. The number of fused-ring (bicyclic) bond motifs is 1. The Balaban J connectivity index is 1.73. The molecule has 2 aromatic carbocycles. The Kier molecular flexibility index (Phi) is 5.55. The summed E-state index contributed by atoms with van der Waals surface area (Å²) in [5.41, 5.74) is 2.25. The van der Waals surface area contributed by atoms with Gasteiger partial charge >= 0.3 is 5.69 Å². The SMILES string of the molecule is Cc1cc(C)cc(-n2c(O)c(C3=Nc4ccccc4S[C@@H](c4cccs4)C3)c(=O)[nH]c2=O)c1. The standard InChI is InChI=1S/C25H21N3O3S2/c1-14-10-15(2)12-16(11-14)28-24(30)22(23(29)27-25(28)31)18-13-21(20-8-5-9-32-20)33-19-7-4-3-6-17(19)26-18/h3-12,21,30H,13H2,1-2H3,(H,27,29,31)/t21-/m1/s1. The lowest BCUT2D eigenvalue weighted by Gasteiger charge is -2.16. The summed E-state index contributed by atoms with van der Waals surface area (Å²) in [6.07, 6.45) is 0.432. The molecule has 5 rings (SSSR count). The lowest BCUT2D eigenvalue weighted by molar-refractivity contribution is 0.429. The second kappa shape index (κ2) is 8.53. The molecule has 0 fully saturated rings. The van der Waals surface area contributed by atoms with Gasteiger partial charge in [0, 0.05) is 21.4 Å². The fraction of sp³-hybridized carbons (Fsp3) is 0.160. The number of para-hydroxylation sites is 1. The van der Waals surface area contributed by atoms with Crippen LogP contribution in [0.25, 0.3) is 5.69 Å². The van der Waals surface area contributed by atoms with Crippen molar-refractivity contribution in [3.05, 3.63) is 102 Å². The maximum atomic E-state index is 13.0. The lowest BCUT2D eigenvalue weighted by Crippen LogP contribution is -2.33. The van der Waals surface area contributed by atoms with E-state index in [1.165, 1.54) is 0 Å². The topological polar surface area (TPSA) is 87.4 Å². The Hall–Kier alpha value is -3.36. The third kappa shape index (κ3) is 4.07. The summed E-state index contributed by atoms with van der Waals surface area (Å²) < 4.78 is 1.14. The van der Waals surface area contributed by atoms with E-state index >= 15 is 0 Å². The number of nitrogens with one attached hydrogen (secondary N) is 1. The molecule has 0 bridgehead atoms. The number of aromatic amines is 1. The number of rotatable bonds is 3. The highest BCUT2D eigenvalue weighted by Crippen LogP contribution is 2.46. The van der Waals surface area contributed by atoms with Gasteiger partial charge in [-0.25, -0.2) is 9.36 Å². The highest BCUT2D eigenvalue weighted by atomic mass is 32.2. The highest BCUT2D eigenvalue weighted by Gasteiger charge is 2.28. The van der Waals surface area contributed by atoms with Crippen LogP contribution in [0.5, 0.6) is 5.88 Å². The summed E-state index contributed by atoms with van der Waals surface area (Å²) in [5, 5.41) is 13.3. The fourth-order valence-corrected chi connectivity index (χ4v) is 6.26. The van der Waals surface area contributed by atoms with Crippen LogP contribution in [0.4, 0.5) is 5.69 Å². The second-order valence-electron chi connectivity index (χ2n) is 7.99. The number of thioether (sulfide) groups is 1. The van der Waals surface area contributed by atoms with E-state index in [-0.39, 0.29) is 10.8 Å². The lowest BCUT2D eigenvalue weighted by atomic mass is 10.1. The van der Waals surface area contributed by atoms with Crippen LogP contribution in [0.15, 0.2) is 79.5 Å². The molecule has 8 heteroatoms. The van der Waals surface area contributed by atoms with Gasteiger partial charge in [0.2, 0.25) is 5.88 Å². The van der Waals surface area contributed by atoms with Crippen LogP contribution in [0.2, 0.25) is 0 Å². The fourth-order valence-electron chi connectivity index (χ4n) is 4.11. The van der Waals surface area contributed by atoms with Crippen molar-refractivity contribution < 1.29 is 5.11 Å². The zero-order valence-corrected chi connectivity index (χ0v) is 19.7. The maximum absolute atomic E-state index is 13.0. The van der Waals surface area contributed by atoms with Crippen molar-refractivity contribution in [2.75, 3.05) is 0 Å². The third-order valence-electron chi connectivity index (χ3n) is 5.47. The van der Waals surface area contributed by atoms with Gasteiger partial charge in [0.05, 0.1) is 17.1 Å². The van der Waals surface area contributed by atoms with Crippen molar-refractivity contribution in [1.29, 1.82) is 0 Å². The third-order valence-corrected chi connectivity index (χ3v) is 7.91. The number of aromatic hydroxyl groups is 1. The van der Waals surface area contributed by atoms with Gasteiger partial charge in [-0.3, -0.25) is 14.8 Å². The van der Waals surface area contributed by atoms with Gasteiger partial charge in [-0.2, -0.15) is 0 Å². The van der Waals surface area contributed by atoms with Gasteiger partial charge in [0.25, 0.3) is 5.56 Å². The molecule has 3 heterocycles. The Morgan fingerprint density at radius 2 is 1.82 bits per heavy atom. The minimum absolute atomic E-state index is 0.0209. The highest BCUT2D eigenvalue weighted by molar-refractivity contribution is 7.99. The summed E-state index contributed by atoms with van der Waals surface area (Å²) in [4.78, 5) is 35.1. The molecule has 0 aliphatic carbocycles. The Bertz CT molecular complexity index is 1480. The minimum Gasteiger partial charge on any atom is -0.493 e. The number of hydrogen-bond donors (Lipinski definition) is 2. The van der Waals surface area contributed by atoms with E-state index in [0.717, 1.165) is 31.2 Å². The van der Waals surface area contributed by atoms with Crippen molar-refractivity contribution in [3.8, 4) is 11.6 Å². The first kappa shape index (κ1) is 21.5. The summed E-state index contributed by atoms with van der Waals surface area (Å²) >= 11 is 3.33. The molecule has 2 aromatic heterocycles. The van der Waals surface area contributed by atoms with E-state index in [1.807, 2.05) is 55.6 Å². The summed E-state index contributed by atoms with van der Waals surface area (Å²) in [5.74, 6) is -0.401. The molecule has 33 heavy (non-hydrogen) atoms. The maximum Gasteiger partial charge on any atom is 0.335 e. The van der Waals surface area contributed by atoms with Gasteiger partial charge in [0.15, 0.2) is 0 Å². The molecule has 0 unspecified atom stereocenters. The molecule has 0 saturated heterocycles. The molecular formula is C25H21N3O3S2. The van der Waals surface area contributed by atoms with Crippen LogP contribution in [0.1, 0.15) is 33.2 Å².